The Morgan fingerprint density at radius 3 is 2.70 bits per heavy atom. The number of hydrogen-bond acceptors (Lipinski definition) is 1. The average Bonchev–Trinajstić information content (AvgIpc) is 1.94. The van der Waals surface area contributed by atoms with Crippen LogP contribution in [-0.4, -0.2) is 12.1 Å². The highest BCUT2D eigenvalue weighted by atomic mass is 15.0. The third-order valence-corrected chi connectivity index (χ3v) is 2.50. The second-order valence-corrected chi connectivity index (χ2v) is 4.24. The van der Waals surface area contributed by atoms with Crippen molar-refractivity contribution < 1.29 is 0 Å². The molecular weight excluding hydrogens is 122 g/mol. The first-order valence-corrected chi connectivity index (χ1v) is 4.35. The van der Waals surface area contributed by atoms with Gasteiger partial charge in [0.2, 0.25) is 0 Å². The molecule has 1 nitrogen and oxygen atoms in total. The first-order valence-electron chi connectivity index (χ1n) is 4.35. The second kappa shape index (κ2) is 2.91. The van der Waals surface area contributed by atoms with Gasteiger partial charge in [-0.3, -0.25) is 0 Å². The lowest BCUT2D eigenvalue weighted by Gasteiger charge is -2.23. The molecule has 10 heavy (non-hydrogen) atoms. The smallest absolute Gasteiger partial charge is 0.0125 e. The molecule has 0 bridgehead atoms. The Labute approximate surface area is 64.2 Å². The molecule has 60 valence electrons. The monoisotopic (exact) mass is 141 g/mol. The topological polar surface area (TPSA) is 12.0 Å². The van der Waals surface area contributed by atoms with Crippen LogP contribution in [-0.2, 0) is 0 Å². The third-order valence-electron chi connectivity index (χ3n) is 2.50. The third kappa shape index (κ3) is 2.30. The van der Waals surface area contributed by atoms with Gasteiger partial charge in [-0.1, -0.05) is 6.92 Å². The molecule has 0 amide bonds. The van der Waals surface area contributed by atoms with E-state index in [0.29, 0.717) is 5.54 Å². The van der Waals surface area contributed by atoms with Crippen LogP contribution in [0.3, 0.4) is 0 Å². The normalized spacial score (nSPS) is 33.3. The molecule has 0 aromatic carbocycles. The molecule has 0 aromatic rings. The van der Waals surface area contributed by atoms with Gasteiger partial charge in [0.1, 0.15) is 0 Å². The number of nitrogens with one attached hydrogen (secondary N) is 1. The Hall–Kier alpha value is -0.0400. The van der Waals surface area contributed by atoms with Gasteiger partial charge in [-0.05, 0) is 45.6 Å². The van der Waals surface area contributed by atoms with Gasteiger partial charge in [-0.2, -0.15) is 0 Å². The van der Waals surface area contributed by atoms with Crippen LogP contribution in [0.15, 0.2) is 0 Å². The quantitative estimate of drug-likeness (QED) is 0.545. The van der Waals surface area contributed by atoms with Gasteiger partial charge >= 0.3 is 0 Å². The molecule has 1 unspecified atom stereocenters. The molecule has 0 aliphatic carbocycles. The number of hydrogen-bond donors (Lipinski definition) is 1. The van der Waals surface area contributed by atoms with Gasteiger partial charge in [0.25, 0.3) is 0 Å². The van der Waals surface area contributed by atoms with Crippen LogP contribution < -0.4 is 5.32 Å². The van der Waals surface area contributed by atoms with Gasteiger partial charge < -0.3 is 5.32 Å². The van der Waals surface area contributed by atoms with Gasteiger partial charge in [0.15, 0.2) is 0 Å². The van der Waals surface area contributed by atoms with E-state index < -0.39 is 0 Å². The van der Waals surface area contributed by atoms with E-state index in [4.69, 9.17) is 0 Å². The lowest BCUT2D eigenvalue weighted by molar-refractivity contribution is 0.378. The molecule has 0 saturated carbocycles. The van der Waals surface area contributed by atoms with Gasteiger partial charge in [0.05, 0.1) is 0 Å². The van der Waals surface area contributed by atoms with Crippen LogP contribution in [0.25, 0.3) is 0 Å². The molecule has 1 heterocycles. The minimum absolute atomic E-state index is 0.394. The van der Waals surface area contributed by atoms with Crippen molar-refractivity contribution in [1.29, 1.82) is 0 Å². The summed E-state index contributed by atoms with van der Waals surface area (Å²) in [6, 6.07) is 0. The Balaban J connectivity index is 2.41. The van der Waals surface area contributed by atoms with E-state index in [1.807, 2.05) is 0 Å². The maximum atomic E-state index is 3.55. The number of rotatable bonds is 0. The van der Waals surface area contributed by atoms with Crippen LogP contribution in [0.4, 0.5) is 0 Å². The summed E-state index contributed by atoms with van der Waals surface area (Å²) in [7, 11) is 0. The molecule has 1 aliphatic heterocycles. The molecule has 1 atom stereocenters. The summed E-state index contributed by atoms with van der Waals surface area (Å²) in [5, 5.41) is 3.55. The largest absolute Gasteiger partial charge is 0.312 e. The first kappa shape index (κ1) is 8.06. The summed E-state index contributed by atoms with van der Waals surface area (Å²) >= 11 is 0. The zero-order valence-corrected chi connectivity index (χ0v) is 7.41. The maximum absolute atomic E-state index is 3.55. The molecule has 1 saturated heterocycles. The van der Waals surface area contributed by atoms with E-state index in [1.165, 1.54) is 25.8 Å². The summed E-state index contributed by atoms with van der Waals surface area (Å²) in [4.78, 5) is 0. The predicted octanol–water partition coefficient (Wildman–Crippen LogP) is 2.17. The zero-order chi connectivity index (χ0) is 7.61. The fourth-order valence-electron chi connectivity index (χ4n) is 1.50. The van der Waals surface area contributed by atoms with Crippen molar-refractivity contribution in [2.24, 2.45) is 5.92 Å². The SMILES string of the molecule is CC1CCNC(C)(C)CC1. The molecule has 1 heteroatoms. The lowest BCUT2D eigenvalue weighted by Crippen LogP contribution is -2.37. The van der Waals surface area contributed by atoms with Crippen LogP contribution in [0, 0.1) is 5.92 Å². The average molecular weight is 141 g/mol. The highest BCUT2D eigenvalue weighted by Crippen LogP contribution is 2.21. The minimum Gasteiger partial charge on any atom is -0.312 e. The highest BCUT2D eigenvalue weighted by Gasteiger charge is 2.20. The molecule has 0 spiro atoms. The van der Waals surface area contributed by atoms with Crippen LogP contribution in [0.2, 0.25) is 0 Å². The fourth-order valence-corrected chi connectivity index (χ4v) is 1.50. The van der Waals surface area contributed by atoms with E-state index in [-0.39, 0.29) is 0 Å². The minimum atomic E-state index is 0.394. The highest BCUT2D eigenvalue weighted by molar-refractivity contribution is 4.81. The second-order valence-electron chi connectivity index (χ2n) is 4.24. The Morgan fingerprint density at radius 2 is 2.00 bits per heavy atom. The van der Waals surface area contributed by atoms with Gasteiger partial charge in [0, 0.05) is 5.54 Å². The first-order chi connectivity index (χ1) is 4.60. The van der Waals surface area contributed by atoms with Crippen LogP contribution in [0.5, 0.6) is 0 Å². The standard InChI is InChI=1S/C9H19N/c1-8-4-6-9(2,3)10-7-5-8/h8,10H,4-7H2,1-3H3. The Bertz CT molecular complexity index is 107. The van der Waals surface area contributed by atoms with Crippen molar-refractivity contribution >= 4 is 0 Å². The van der Waals surface area contributed by atoms with E-state index in [2.05, 4.69) is 26.1 Å². The summed E-state index contributed by atoms with van der Waals surface area (Å²) in [5.74, 6) is 0.925. The van der Waals surface area contributed by atoms with E-state index in [9.17, 15) is 0 Å². The van der Waals surface area contributed by atoms with E-state index >= 15 is 0 Å². The van der Waals surface area contributed by atoms with Crippen LogP contribution in [0.1, 0.15) is 40.0 Å². The Kier molecular flexibility index (Phi) is 2.35. The van der Waals surface area contributed by atoms with Crippen molar-refractivity contribution in [1.82, 2.24) is 5.32 Å². The summed E-state index contributed by atoms with van der Waals surface area (Å²) in [6.45, 7) is 8.15. The molecule has 0 radical (unpaired) electrons. The molecule has 0 aromatic heterocycles. The van der Waals surface area contributed by atoms with E-state index in [0.717, 1.165) is 5.92 Å². The summed E-state index contributed by atoms with van der Waals surface area (Å²) in [6.07, 6.45) is 4.07. The van der Waals surface area contributed by atoms with Crippen molar-refractivity contribution in [2.75, 3.05) is 6.54 Å². The predicted molar refractivity (Wildman–Crippen MR) is 45.1 cm³/mol. The lowest BCUT2D eigenvalue weighted by atomic mass is 9.95. The molecule has 1 rings (SSSR count). The summed E-state index contributed by atoms with van der Waals surface area (Å²) < 4.78 is 0. The van der Waals surface area contributed by atoms with Crippen molar-refractivity contribution in [3.05, 3.63) is 0 Å². The molecular formula is C9H19N. The molecule has 1 aliphatic rings. The van der Waals surface area contributed by atoms with Crippen molar-refractivity contribution in [2.45, 2.75) is 45.6 Å². The van der Waals surface area contributed by atoms with E-state index in [1.54, 1.807) is 0 Å². The maximum Gasteiger partial charge on any atom is 0.0125 e. The van der Waals surface area contributed by atoms with Crippen molar-refractivity contribution in [3.8, 4) is 0 Å². The van der Waals surface area contributed by atoms with Crippen LogP contribution >= 0.6 is 0 Å². The Morgan fingerprint density at radius 1 is 1.30 bits per heavy atom. The summed E-state index contributed by atoms with van der Waals surface area (Å²) in [5.41, 5.74) is 0.394. The zero-order valence-electron chi connectivity index (χ0n) is 7.41. The molecule has 1 N–H and O–H groups in total. The van der Waals surface area contributed by atoms with Gasteiger partial charge in [-0.15, -0.1) is 0 Å². The van der Waals surface area contributed by atoms with Crippen molar-refractivity contribution in [3.63, 3.8) is 0 Å². The fraction of sp³-hybridized carbons (Fsp3) is 1.00. The van der Waals surface area contributed by atoms with Gasteiger partial charge in [-0.25, -0.2) is 0 Å². The molecule has 1 fully saturated rings.